The Kier molecular flexibility index (Phi) is 5.56. The summed E-state index contributed by atoms with van der Waals surface area (Å²) in [7, 11) is 0. The fourth-order valence-electron chi connectivity index (χ4n) is 3.67. The summed E-state index contributed by atoms with van der Waals surface area (Å²) < 4.78 is 0. The highest BCUT2D eigenvalue weighted by Crippen LogP contribution is 2.26. The number of pyridine rings is 1. The molecule has 1 N–H and O–H groups in total. The van der Waals surface area contributed by atoms with Gasteiger partial charge in [0.1, 0.15) is 11.9 Å². The van der Waals surface area contributed by atoms with Crippen molar-refractivity contribution in [1.82, 2.24) is 30.0 Å². The number of aryl methyl sites for hydroxylation is 2. The molecule has 0 saturated carbocycles. The molecule has 1 saturated heterocycles. The lowest BCUT2D eigenvalue weighted by Crippen LogP contribution is -2.40. The summed E-state index contributed by atoms with van der Waals surface area (Å²) in [6, 6.07) is 12.3. The van der Waals surface area contributed by atoms with Crippen molar-refractivity contribution in [2.45, 2.75) is 26.3 Å². The van der Waals surface area contributed by atoms with Gasteiger partial charge in [0.25, 0.3) is 11.8 Å². The minimum atomic E-state index is -0.437. The van der Waals surface area contributed by atoms with Crippen LogP contribution in [0, 0.1) is 13.8 Å². The van der Waals surface area contributed by atoms with Gasteiger partial charge < -0.3 is 9.80 Å². The van der Waals surface area contributed by atoms with Crippen LogP contribution in [0.4, 0.5) is 0 Å². The number of H-pyrrole nitrogens is 1. The van der Waals surface area contributed by atoms with Crippen molar-refractivity contribution in [2.24, 2.45) is 0 Å². The number of hydrogen-bond acceptors (Lipinski definition) is 5. The maximum Gasteiger partial charge on any atom is 0.255 e. The Morgan fingerprint density at radius 1 is 1.00 bits per heavy atom. The van der Waals surface area contributed by atoms with E-state index < -0.39 is 6.04 Å². The molecule has 8 heteroatoms. The molecule has 0 radical (unpaired) electrons. The third kappa shape index (κ3) is 4.07. The summed E-state index contributed by atoms with van der Waals surface area (Å²) in [4.78, 5) is 38.7. The second kappa shape index (κ2) is 8.44. The van der Waals surface area contributed by atoms with Crippen molar-refractivity contribution < 1.29 is 9.59 Å². The monoisotopic (exact) mass is 404 g/mol. The van der Waals surface area contributed by atoms with Crippen LogP contribution in [0.1, 0.15) is 50.5 Å². The number of carbonyl (C=O) groups is 2. The summed E-state index contributed by atoms with van der Waals surface area (Å²) in [5, 5.41) is 7.16. The Bertz CT molecular complexity index is 1030. The summed E-state index contributed by atoms with van der Waals surface area (Å²) in [6.45, 7) is 5.09. The molecule has 3 aromatic rings. The highest BCUT2D eigenvalue weighted by Gasteiger charge is 2.34. The first kappa shape index (κ1) is 19.8. The van der Waals surface area contributed by atoms with Crippen molar-refractivity contribution in [3.8, 4) is 0 Å². The molecular weight excluding hydrogens is 380 g/mol. The highest BCUT2D eigenvalue weighted by atomic mass is 16.2. The number of nitrogens with one attached hydrogen (secondary N) is 1. The lowest BCUT2D eigenvalue weighted by atomic mass is 10.1. The largest absolute Gasteiger partial charge is 0.336 e. The second-order valence-electron chi connectivity index (χ2n) is 7.45. The van der Waals surface area contributed by atoms with Gasteiger partial charge in [0.15, 0.2) is 5.82 Å². The van der Waals surface area contributed by atoms with Gasteiger partial charge in [0.05, 0.1) is 5.56 Å². The maximum atomic E-state index is 13.3. The number of rotatable bonds is 3. The standard InChI is InChI=1S/C22H24N6O2/c1-15-9-10-18(13-23-15)21(29)27-11-6-12-28(22(30)17-7-4-3-5-8-17)19(14-27)20-24-16(2)25-26-20/h3-5,7-10,13,19H,6,11-12,14H2,1-2H3,(H,24,25,26). The molecule has 1 unspecified atom stereocenters. The zero-order valence-electron chi connectivity index (χ0n) is 17.1. The molecule has 4 rings (SSSR count). The van der Waals surface area contributed by atoms with Crippen LogP contribution in [-0.2, 0) is 0 Å². The van der Waals surface area contributed by atoms with Gasteiger partial charge in [-0.25, -0.2) is 4.98 Å². The average Bonchev–Trinajstić information content (AvgIpc) is 3.07. The van der Waals surface area contributed by atoms with E-state index in [4.69, 9.17) is 0 Å². The Morgan fingerprint density at radius 3 is 2.47 bits per heavy atom. The molecule has 0 aliphatic carbocycles. The number of carbonyl (C=O) groups excluding carboxylic acids is 2. The lowest BCUT2D eigenvalue weighted by Gasteiger charge is -2.30. The molecule has 0 spiro atoms. The van der Waals surface area contributed by atoms with E-state index in [0.717, 1.165) is 5.69 Å². The molecule has 1 fully saturated rings. The topological polar surface area (TPSA) is 95.1 Å². The summed E-state index contributed by atoms with van der Waals surface area (Å²) >= 11 is 0. The average molecular weight is 404 g/mol. The molecule has 0 bridgehead atoms. The van der Waals surface area contributed by atoms with E-state index in [2.05, 4.69) is 20.2 Å². The van der Waals surface area contributed by atoms with E-state index >= 15 is 0 Å². The van der Waals surface area contributed by atoms with Gasteiger partial charge in [-0.3, -0.25) is 19.7 Å². The van der Waals surface area contributed by atoms with Gasteiger partial charge in [-0.1, -0.05) is 18.2 Å². The van der Waals surface area contributed by atoms with Gasteiger partial charge in [-0.2, -0.15) is 5.10 Å². The minimum absolute atomic E-state index is 0.0886. The lowest BCUT2D eigenvalue weighted by molar-refractivity contribution is 0.0622. The summed E-state index contributed by atoms with van der Waals surface area (Å²) in [5.41, 5.74) is 2.00. The third-order valence-electron chi connectivity index (χ3n) is 5.24. The predicted octanol–water partition coefficient (Wildman–Crippen LogP) is 2.55. The van der Waals surface area contributed by atoms with Crippen molar-refractivity contribution >= 4 is 11.8 Å². The van der Waals surface area contributed by atoms with E-state index in [1.54, 1.807) is 34.2 Å². The van der Waals surface area contributed by atoms with Crippen LogP contribution in [0.2, 0.25) is 0 Å². The first-order valence-corrected chi connectivity index (χ1v) is 10.00. The molecule has 154 valence electrons. The second-order valence-corrected chi connectivity index (χ2v) is 7.45. The van der Waals surface area contributed by atoms with E-state index in [0.29, 0.717) is 48.8 Å². The normalized spacial score (nSPS) is 16.9. The number of benzene rings is 1. The summed E-state index contributed by atoms with van der Waals surface area (Å²) in [6.07, 6.45) is 2.27. The van der Waals surface area contributed by atoms with Gasteiger partial charge in [0.2, 0.25) is 0 Å². The van der Waals surface area contributed by atoms with Crippen molar-refractivity contribution in [1.29, 1.82) is 0 Å². The molecule has 2 amide bonds. The first-order chi connectivity index (χ1) is 14.5. The number of aromatic amines is 1. The summed E-state index contributed by atoms with van der Waals surface area (Å²) in [5.74, 6) is 0.989. The highest BCUT2D eigenvalue weighted by molar-refractivity contribution is 5.95. The molecule has 2 aromatic heterocycles. The van der Waals surface area contributed by atoms with Crippen LogP contribution >= 0.6 is 0 Å². The predicted molar refractivity (Wildman–Crippen MR) is 111 cm³/mol. The number of amides is 2. The molecule has 8 nitrogen and oxygen atoms in total. The van der Waals surface area contributed by atoms with E-state index in [1.165, 1.54) is 0 Å². The van der Waals surface area contributed by atoms with Gasteiger partial charge in [-0.15, -0.1) is 0 Å². The fourth-order valence-corrected chi connectivity index (χ4v) is 3.67. The molecule has 1 atom stereocenters. The molecule has 1 aliphatic heterocycles. The molecule has 30 heavy (non-hydrogen) atoms. The molecule has 1 aliphatic rings. The number of hydrogen-bond donors (Lipinski definition) is 1. The van der Waals surface area contributed by atoms with Crippen LogP contribution in [-0.4, -0.2) is 61.4 Å². The van der Waals surface area contributed by atoms with Crippen LogP contribution in [0.3, 0.4) is 0 Å². The molecular formula is C22H24N6O2. The van der Waals surface area contributed by atoms with E-state index in [-0.39, 0.29) is 11.8 Å². The van der Waals surface area contributed by atoms with Gasteiger partial charge in [0, 0.05) is 37.1 Å². The van der Waals surface area contributed by atoms with Crippen molar-refractivity contribution in [3.63, 3.8) is 0 Å². The maximum absolute atomic E-state index is 13.3. The minimum Gasteiger partial charge on any atom is -0.336 e. The first-order valence-electron chi connectivity index (χ1n) is 10.00. The Balaban J connectivity index is 1.65. The Hall–Kier alpha value is -3.55. The van der Waals surface area contributed by atoms with Crippen LogP contribution < -0.4 is 0 Å². The third-order valence-corrected chi connectivity index (χ3v) is 5.24. The number of nitrogens with zero attached hydrogens (tertiary/aromatic N) is 5. The zero-order chi connectivity index (χ0) is 21.1. The fraction of sp³-hybridized carbons (Fsp3) is 0.318. The Morgan fingerprint density at radius 2 is 1.80 bits per heavy atom. The smallest absolute Gasteiger partial charge is 0.255 e. The quantitative estimate of drug-likeness (QED) is 0.724. The number of aromatic nitrogens is 4. The van der Waals surface area contributed by atoms with Crippen molar-refractivity contribution in [3.05, 3.63) is 77.1 Å². The van der Waals surface area contributed by atoms with Crippen LogP contribution in [0.15, 0.2) is 48.7 Å². The molecule has 3 heterocycles. The van der Waals surface area contributed by atoms with Crippen LogP contribution in [0.5, 0.6) is 0 Å². The van der Waals surface area contributed by atoms with Gasteiger partial charge in [-0.05, 0) is 44.5 Å². The van der Waals surface area contributed by atoms with E-state index in [9.17, 15) is 9.59 Å². The van der Waals surface area contributed by atoms with E-state index in [1.807, 2.05) is 38.1 Å². The van der Waals surface area contributed by atoms with Crippen molar-refractivity contribution in [2.75, 3.05) is 19.6 Å². The van der Waals surface area contributed by atoms with Gasteiger partial charge >= 0.3 is 0 Å². The molecule has 1 aromatic carbocycles. The SMILES string of the molecule is Cc1ccc(C(=O)N2CCCN(C(=O)c3ccccc3)C(c3n[nH]c(C)n3)C2)cn1. The Labute approximate surface area is 175 Å². The zero-order valence-corrected chi connectivity index (χ0v) is 17.1. The van der Waals surface area contributed by atoms with Crippen LogP contribution in [0.25, 0.3) is 0 Å².